The van der Waals surface area contributed by atoms with E-state index in [-0.39, 0.29) is 5.82 Å². The number of hydrogen-bond donors (Lipinski definition) is 0. The molecule has 1 aromatic heterocycles. The number of hydrogen-bond acceptors (Lipinski definition) is 4. The van der Waals surface area contributed by atoms with E-state index in [0.29, 0.717) is 18.0 Å². The van der Waals surface area contributed by atoms with Crippen LogP contribution in [0.25, 0.3) is 0 Å². The van der Waals surface area contributed by atoms with Gasteiger partial charge in [0, 0.05) is 50.9 Å². The zero-order chi connectivity index (χ0) is 16.9. The standard InChI is InChI=1S/C18H21F2N3O/c1-24-18-4-2-3-16(21-18)13-23-9-7-22(8-10-23)12-14-11-15(19)5-6-17(14)20/h2-6,11H,7-10,12-13H2,1H3. The van der Waals surface area contributed by atoms with Crippen LogP contribution in [0, 0.1) is 11.6 Å². The molecule has 0 atom stereocenters. The van der Waals surface area contributed by atoms with Crippen molar-refractivity contribution in [2.75, 3.05) is 33.3 Å². The number of nitrogens with zero attached hydrogens (tertiary/aromatic N) is 3. The van der Waals surface area contributed by atoms with Gasteiger partial charge in [-0.25, -0.2) is 13.8 Å². The molecule has 0 saturated carbocycles. The van der Waals surface area contributed by atoms with E-state index in [9.17, 15) is 8.78 Å². The molecular formula is C18H21F2N3O. The van der Waals surface area contributed by atoms with Crippen molar-refractivity contribution in [3.63, 3.8) is 0 Å². The summed E-state index contributed by atoms with van der Waals surface area (Å²) < 4.78 is 32.1. The van der Waals surface area contributed by atoms with Gasteiger partial charge in [0.1, 0.15) is 11.6 Å². The fourth-order valence-corrected chi connectivity index (χ4v) is 2.90. The Morgan fingerprint density at radius 1 is 1.00 bits per heavy atom. The Morgan fingerprint density at radius 2 is 1.71 bits per heavy atom. The van der Waals surface area contributed by atoms with E-state index in [1.54, 1.807) is 7.11 Å². The van der Waals surface area contributed by atoms with Gasteiger partial charge in [-0.1, -0.05) is 6.07 Å². The van der Waals surface area contributed by atoms with Crippen LogP contribution < -0.4 is 4.74 Å². The maximum Gasteiger partial charge on any atom is 0.213 e. The van der Waals surface area contributed by atoms with Crippen LogP contribution in [0.1, 0.15) is 11.3 Å². The summed E-state index contributed by atoms with van der Waals surface area (Å²) >= 11 is 0. The summed E-state index contributed by atoms with van der Waals surface area (Å²) in [4.78, 5) is 8.88. The van der Waals surface area contributed by atoms with Crippen LogP contribution in [-0.4, -0.2) is 48.1 Å². The van der Waals surface area contributed by atoms with Crippen molar-refractivity contribution in [3.8, 4) is 5.88 Å². The second-order valence-corrected chi connectivity index (χ2v) is 5.96. The molecule has 0 spiro atoms. The van der Waals surface area contributed by atoms with Crippen molar-refractivity contribution in [1.82, 2.24) is 14.8 Å². The van der Waals surface area contributed by atoms with Crippen LogP contribution in [0.2, 0.25) is 0 Å². The second-order valence-electron chi connectivity index (χ2n) is 5.96. The zero-order valence-electron chi connectivity index (χ0n) is 13.7. The largest absolute Gasteiger partial charge is 0.481 e. The van der Waals surface area contributed by atoms with E-state index in [1.165, 1.54) is 12.1 Å². The van der Waals surface area contributed by atoms with Crippen molar-refractivity contribution in [2.45, 2.75) is 13.1 Å². The molecule has 0 N–H and O–H groups in total. The molecule has 128 valence electrons. The van der Waals surface area contributed by atoms with Gasteiger partial charge in [-0.15, -0.1) is 0 Å². The molecule has 1 aliphatic heterocycles. The molecule has 2 aromatic rings. The molecule has 0 bridgehead atoms. The predicted molar refractivity (Wildman–Crippen MR) is 87.7 cm³/mol. The number of halogens is 2. The van der Waals surface area contributed by atoms with Gasteiger partial charge in [0.2, 0.25) is 5.88 Å². The molecule has 3 rings (SSSR count). The third kappa shape index (κ3) is 4.27. The van der Waals surface area contributed by atoms with Crippen molar-refractivity contribution in [3.05, 3.63) is 59.3 Å². The van der Waals surface area contributed by atoms with Crippen LogP contribution in [0.4, 0.5) is 8.78 Å². The number of pyridine rings is 1. The minimum atomic E-state index is -0.394. The molecule has 0 amide bonds. The maximum absolute atomic E-state index is 13.7. The molecule has 0 unspecified atom stereocenters. The third-order valence-electron chi connectivity index (χ3n) is 4.24. The topological polar surface area (TPSA) is 28.6 Å². The first kappa shape index (κ1) is 16.8. The summed E-state index contributed by atoms with van der Waals surface area (Å²) in [5.74, 6) is -0.124. The number of aromatic nitrogens is 1. The first-order chi connectivity index (χ1) is 11.6. The Hall–Kier alpha value is -2.05. The van der Waals surface area contributed by atoms with Gasteiger partial charge in [0.15, 0.2) is 0 Å². The lowest BCUT2D eigenvalue weighted by molar-refractivity contribution is 0.120. The number of ether oxygens (including phenoxy) is 1. The van der Waals surface area contributed by atoms with Gasteiger partial charge in [0.05, 0.1) is 12.8 Å². The first-order valence-corrected chi connectivity index (χ1v) is 8.02. The van der Waals surface area contributed by atoms with Crippen molar-refractivity contribution in [1.29, 1.82) is 0 Å². The van der Waals surface area contributed by atoms with E-state index in [1.807, 2.05) is 18.2 Å². The normalized spacial score (nSPS) is 16.3. The van der Waals surface area contributed by atoms with Crippen LogP contribution in [0.5, 0.6) is 5.88 Å². The smallest absolute Gasteiger partial charge is 0.213 e. The molecule has 1 fully saturated rings. The Balaban J connectivity index is 1.53. The molecule has 24 heavy (non-hydrogen) atoms. The molecule has 1 aliphatic rings. The quantitative estimate of drug-likeness (QED) is 0.841. The third-order valence-corrected chi connectivity index (χ3v) is 4.24. The van der Waals surface area contributed by atoms with E-state index in [2.05, 4.69) is 14.8 Å². The molecule has 1 saturated heterocycles. The average molecular weight is 333 g/mol. The van der Waals surface area contributed by atoms with Gasteiger partial charge in [0.25, 0.3) is 0 Å². The predicted octanol–water partition coefficient (Wildman–Crippen LogP) is 2.69. The van der Waals surface area contributed by atoms with Gasteiger partial charge >= 0.3 is 0 Å². The lowest BCUT2D eigenvalue weighted by Crippen LogP contribution is -2.45. The highest BCUT2D eigenvalue weighted by atomic mass is 19.1. The van der Waals surface area contributed by atoms with Crippen LogP contribution in [-0.2, 0) is 13.1 Å². The highest BCUT2D eigenvalue weighted by Crippen LogP contribution is 2.15. The molecule has 6 heteroatoms. The monoisotopic (exact) mass is 333 g/mol. The molecule has 4 nitrogen and oxygen atoms in total. The van der Waals surface area contributed by atoms with Crippen LogP contribution in [0.3, 0.4) is 0 Å². The molecule has 0 aliphatic carbocycles. The Bertz CT molecular complexity index is 688. The summed E-state index contributed by atoms with van der Waals surface area (Å²) in [7, 11) is 1.61. The van der Waals surface area contributed by atoms with Crippen molar-refractivity contribution < 1.29 is 13.5 Å². The molecular weight excluding hydrogens is 312 g/mol. The fourth-order valence-electron chi connectivity index (χ4n) is 2.90. The number of piperazine rings is 1. The van der Waals surface area contributed by atoms with E-state index in [0.717, 1.165) is 44.5 Å². The Kier molecular flexibility index (Phi) is 5.37. The minimum Gasteiger partial charge on any atom is -0.481 e. The Morgan fingerprint density at radius 3 is 2.42 bits per heavy atom. The fraction of sp³-hybridized carbons (Fsp3) is 0.389. The number of rotatable bonds is 5. The highest BCUT2D eigenvalue weighted by Gasteiger charge is 2.19. The van der Waals surface area contributed by atoms with Gasteiger partial charge in [-0.2, -0.15) is 0 Å². The second kappa shape index (κ2) is 7.68. The molecule has 1 aromatic carbocycles. The Labute approximate surface area is 140 Å². The summed E-state index contributed by atoms with van der Waals surface area (Å²) in [5.41, 5.74) is 1.39. The van der Waals surface area contributed by atoms with Crippen LogP contribution >= 0.6 is 0 Å². The number of methoxy groups -OCH3 is 1. The average Bonchev–Trinajstić information content (AvgIpc) is 2.60. The van der Waals surface area contributed by atoms with Gasteiger partial charge < -0.3 is 4.74 Å². The zero-order valence-corrected chi connectivity index (χ0v) is 13.7. The minimum absolute atomic E-state index is 0.348. The SMILES string of the molecule is COc1cccc(CN2CCN(Cc3cc(F)ccc3F)CC2)n1. The van der Waals surface area contributed by atoms with Crippen LogP contribution in [0.15, 0.2) is 36.4 Å². The van der Waals surface area contributed by atoms with Gasteiger partial charge in [-0.3, -0.25) is 9.80 Å². The summed E-state index contributed by atoms with van der Waals surface area (Å²) in [6.45, 7) is 4.58. The van der Waals surface area contributed by atoms with Gasteiger partial charge in [-0.05, 0) is 24.3 Å². The number of benzene rings is 1. The van der Waals surface area contributed by atoms with Crippen molar-refractivity contribution in [2.24, 2.45) is 0 Å². The highest BCUT2D eigenvalue weighted by molar-refractivity contribution is 5.19. The molecule has 2 heterocycles. The van der Waals surface area contributed by atoms with E-state index in [4.69, 9.17) is 4.74 Å². The lowest BCUT2D eigenvalue weighted by Gasteiger charge is -2.34. The summed E-state index contributed by atoms with van der Waals surface area (Å²) in [6.07, 6.45) is 0. The molecule has 0 radical (unpaired) electrons. The first-order valence-electron chi connectivity index (χ1n) is 8.02. The maximum atomic E-state index is 13.7. The van der Waals surface area contributed by atoms with Crippen molar-refractivity contribution >= 4 is 0 Å². The summed E-state index contributed by atoms with van der Waals surface area (Å²) in [5, 5.41) is 0. The lowest BCUT2D eigenvalue weighted by atomic mass is 10.1. The van der Waals surface area contributed by atoms with E-state index >= 15 is 0 Å². The summed E-state index contributed by atoms with van der Waals surface area (Å²) in [6, 6.07) is 9.37. The van der Waals surface area contributed by atoms with E-state index < -0.39 is 5.82 Å².